The van der Waals surface area contributed by atoms with Gasteiger partial charge in [0.05, 0.1) is 0 Å². The average molecular weight is 170 g/mol. The fourth-order valence-electron chi connectivity index (χ4n) is 1.12. The van der Waals surface area contributed by atoms with Crippen molar-refractivity contribution in [3.8, 4) is 0 Å². The van der Waals surface area contributed by atoms with Crippen molar-refractivity contribution < 1.29 is 10.2 Å². The Kier molecular flexibility index (Phi) is 5.68. The molecule has 1 aliphatic carbocycles. The summed E-state index contributed by atoms with van der Waals surface area (Å²) < 4.78 is 0. The number of allylic oxidation sites excluding steroid dienone is 2. The minimum absolute atomic E-state index is 0.562. The van der Waals surface area contributed by atoms with Gasteiger partial charge in [0.25, 0.3) is 0 Å². The third-order valence-corrected chi connectivity index (χ3v) is 1.82. The molecule has 1 aliphatic rings. The van der Waals surface area contributed by atoms with Crippen molar-refractivity contribution in [3.05, 3.63) is 25.3 Å². The molecule has 0 heterocycles. The highest BCUT2D eigenvalue weighted by Crippen LogP contribution is 2.24. The van der Waals surface area contributed by atoms with Crippen LogP contribution in [0.15, 0.2) is 25.3 Å². The van der Waals surface area contributed by atoms with Crippen molar-refractivity contribution in [1.29, 1.82) is 0 Å². The summed E-state index contributed by atoms with van der Waals surface area (Å²) in [4.78, 5) is 0. The quantitative estimate of drug-likeness (QED) is 0.466. The first-order valence-electron chi connectivity index (χ1n) is 4.30. The van der Waals surface area contributed by atoms with Crippen molar-refractivity contribution in [2.75, 3.05) is 0 Å². The summed E-state index contributed by atoms with van der Waals surface area (Å²) in [6.07, 6.45) is 7.49. The van der Waals surface area contributed by atoms with E-state index in [0.29, 0.717) is 12.8 Å². The first-order chi connectivity index (χ1) is 5.62. The van der Waals surface area contributed by atoms with Gasteiger partial charge in [0.2, 0.25) is 0 Å². The molecule has 0 atom stereocenters. The van der Waals surface area contributed by atoms with Crippen LogP contribution in [-0.4, -0.2) is 16.0 Å². The average Bonchev–Trinajstić information content (AvgIpc) is 2.05. The zero-order valence-corrected chi connectivity index (χ0v) is 7.50. The molecule has 0 spiro atoms. The molecule has 0 aromatic heterocycles. The SMILES string of the molecule is C=CC=C.OC1(O)CCCCC1. The maximum Gasteiger partial charge on any atom is 0.162 e. The lowest BCUT2D eigenvalue weighted by Gasteiger charge is -2.25. The van der Waals surface area contributed by atoms with Gasteiger partial charge in [-0.3, -0.25) is 0 Å². The van der Waals surface area contributed by atoms with Crippen LogP contribution < -0.4 is 0 Å². The molecule has 12 heavy (non-hydrogen) atoms. The standard InChI is InChI=1S/C6H12O2.C4H6/c7-6(8)4-2-1-3-5-6;1-3-4-2/h7-8H,1-5H2;3-4H,1-2H2. The summed E-state index contributed by atoms with van der Waals surface area (Å²) in [6.45, 7) is 6.72. The van der Waals surface area contributed by atoms with Crippen molar-refractivity contribution in [3.63, 3.8) is 0 Å². The summed E-state index contributed by atoms with van der Waals surface area (Å²) in [7, 11) is 0. The van der Waals surface area contributed by atoms with Crippen LogP contribution in [0.25, 0.3) is 0 Å². The molecule has 0 bridgehead atoms. The van der Waals surface area contributed by atoms with Crippen LogP contribution in [0.5, 0.6) is 0 Å². The van der Waals surface area contributed by atoms with E-state index in [4.69, 9.17) is 10.2 Å². The summed E-state index contributed by atoms with van der Waals surface area (Å²) in [5.41, 5.74) is 0. The smallest absolute Gasteiger partial charge is 0.162 e. The second-order valence-electron chi connectivity index (χ2n) is 3.01. The molecular formula is C10H18O2. The van der Waals surface area contributed by atoms with Crippen molar-refractivity contribution in [1.82, 2.24) is 0 Å². The molecule has 0 aliphatic heterocycles. The van der Waals surface area contributed by atoms with Crippen LogP contribution in [0.1, 0.15) is 32.1 Å². The fraction of sp³-hybridized carbons (Fsp3) is 0.600. The number of hydrogen-bond acceptors (Lipinski definition) is 2. The van der Waals surface area contributed by atoms with Gasteiger partial charge in [0, 0.05) is 12.8 Å². The van der Waals surface area contributed by atoms with Gasteiger partial charge >= 0.3 is 0 Å². The van der Waals surface area contributed by atoms with E-state index in [2.05, 4.69) is 13.2 Å². The predicted molar refractivity (Wildman–Crippen MR) is 50.6 cm³/mol. The number of hydrogen-bond donors (Lipinski definition) is 2. The Labute approximate surface area is 74.2 Å². The maximum atomic E-state index is 8.93. The Morgan fingerprint density at radius 2 is 1.33 bits per heavy atom. The van der Waals surface area contributed by atoms with E-state index < -0.39 is 5.79 Å². The molecule has 2 heteroatoms. The van der Waals surface area contributed by atoms with Gasteiger partial charge in [-0.05, 0) is 12.8 Å². The topological polar surface area (TPSA) is 40.5 Å². The molecule has 0 saturated heterocycles. The Balaban J connectivity index is 0.000000261. The lowest BCUT2D eigenvalue weighted by Crippen LogP contribution is -2.30. The van der Waals surface area contributed by atoms with Crippen LogP contribution >= 0.6 is 0 Å². The molecule has 0 amide bonds. The fourth-order valence-corrected chi connectivity index (χ4v) is 1.12. The van der Waals surface area contributed by atoms with Gasteiger partial charge in [0.1, 0.15) is 0 Å². The molecular weight excluding hydrogens is 152 g/mol. The third kappa shape index (κ3) is 6.13. The Morgan fingerprint density at radius 3 is 1.50 bits per heavy atom. The van der Waals surface area contributed by atoms with Crippen molar-refractivity contribution in [2.45, 2.75) is 37.9 Å². The van der Waals surface area contributed by atoms with Crippen LogP contribution in [0.2, 0.25) is 0 Å². The van der Waals surface area contributed by atoms with E-state index >= 15 is 0 Å². The summed E-state index contributed by atoms with van der Waals surface area (Å²) in [5.74, 6) is -1.32. The van der Waals surface area contributed by atoms with Gasteiger partial charge in [-0.15, -0.1) is 0 Å². The second kappa shape index (κ2) is 5.98. The Bertz CT molecular complexity index is 125. The van der Waals surface area contributed by atoms with Crippen molar-refractivity contribution >= 4 is 0 Å². The van der Waals surface area contributed by atoms with E-state index in [9.17, 15) is 0 Å². The highest BCUT2D eigenvalue weighted by atomic mass is 16.5. The van der Waals surface area contributed by atoms with Crippen LogP contribution in [0, 0.1) is 0 Å². The minimum atomic E-state index is -1.32. The van der Waals surface area contributed by atoms with Crippen LogP contribution in [0.3, 0.4) is 0 Å². The Hall–Kier alpha value is -0.600. The molecule has 0 aromatic rings. The lowest BCUT2D eigenvalue weighted by molar-refractivity contribution is -0.180. The molecule has 70 valence electrons. The molecule has 0 aromatic carbocycles. The molecule has 1 rings (SSSR count). The van der Waals surface area contributed by atoms with Gasteiger partial charge in [0.15, 0.2) is 5.79 Å². The largest absolute Gasteiger partial charge is 0.366 e. The molecule has 1 saturated carbocycles. The summed E-state index contributed by atoms with van der Waals surface area (Å²) >= 11 is 0. The Morgan fingerprint density at radius 1 is 0.917 bits per heavy atom. The lowest BCUT2D eigenvalue weighted by atomic mass is 9.95. The van der Waals surface area contributed by atoms with Crippen LogP contribution in [-0.2, 0) is 0 Å². The first kappa shape index (κ1) is 11.4. The van der Waals surface area contributed by atoms with Gasteiger partial charge in [-0.1, -0.05) is 31.7 Å². The maximum absolute atomic E-state index is 8.93. The van der Waals surface area contributed by atoms with Gasteiger partial charge in [-0.25, -0.2) is 0 Å². The van der Waals surface area contributed by atoms with E-state index in [-0.39, 0.29) is 0 Å². The number of aliphatic hydroxyl groups is 2. The second-order valence-corrected chi connectivity index (χ2v) is 3.01. The molecule has 1 fully saturated rings. The minimum Gasteiger partial charge on any atom is -0.366 e. The third-order valence-electron chi connectivity index (χ3n) is 1.82. The first-order valence-corrected chi connectivity index (χ1v) is 4.30. The highest BCUT2D eigenvalue weighted by Gasteiger charge is 2.24. The van der Waals surface area contributed by atoms with E-state index in [1.54, 1.807) is 12.2 Å². The van der Waals surface area contributed by atoms with Crippen LogP contribution in [0.4, 0.5) is 0 Å². The van der Waals surface area contributed by atoms with E-state index in [0.717, 1.165) is 19.3 Å². The monoisotopic (exact) mass is 170 g/mol. The van der Waals surface area contributed by atoms with E-state index in [1.165, 1.54) is 0 Å². The molecule has 0 radical (unpaired) electrons. The zero-order chi connectivity index (χ0) is 9.45. The normalized spacial score (nSPS) is 20.2. The predicted octanol–water partition coefficient (Wildman–Crippen LogP) is 1.99. The molecule has 0 unspecified atom stereocenters. The van der Waals surface area contributed by atoms with Gasteiger partial charge < -0.3 is 10.2 Å². The number of rotatable bonds is 1. The molecule has 2 nitrogen and oxygen atoms in total. The highest BCUT2D eigenvalue weighted by molar-refractivity contribution is 4.88. The van der Waals surface area contributed by atoms with E-state index in [1.807, 2.05) is 0 Å². The summed E-state index contributed by atoms with van der Waals surface area (Å²) in [5, 5.41) is 17.9. The molecule has 2 N–H and O–H groups in total. The van der Waals surface area contributed by atoms with Gasteiger partial charge in [-0.2, -0.15) is 0 Å². The zero-order valence-electron chi connectivity index (χ0n) is 7.50. The van der Waals surface area contributed by atoms with Crippen molar-refractivity contribution in [2.24, 2.45) is 0 Å². The summed E-state index contributed by atoms with van der Waals surface area (Å²) in [6, 6.07) is 0.